The van der Waals surface area contributed by atoms with Crippen molar-refractivity contribution in [1.82, 2.24) is 10.2 Å². The van der Waals surface area contributed by atoms with Gasteiger partial charge >= 0.3 is 0 Å². The van der Waals surface area contributed by atoms with Crippen molar-refractivity contribution in [1.29, 1.82) is 0 Å². The van der Waals surface area contributed by atoms with E-state index in [2.05, 4.69) is 5.32 Å². The zero-order valence-electron chi connectivity index (χ0n) is 21.8. The Morgan fingerprint density at radius 1 is 0.919 bits per heavy atom. The summed E-state index contributed by atoms with van der Waals surface area (Å²) < 4.78 is 28.8. The summed E-state index contributed by atoms with van der Waals surface area (Å²) in [5, 5.41) is 2.84. The number of rotatable bonds is 11. The fraction of sp³-hybridized carbons (Fsp3) is 0.310. The molecule has 1 atom stereocenters. The topological polar surface area (TPSA) is 86.8 Å². The highest BCUT2D eigenvalue weighted by atomic mass is 32.2. The molecule has 0 saturated carbocycles. The van der Waals surface area contributed by atoms with Gasteiger partial charge in [0.1, 0.15) is 12.6 Å². The van der Waals surface area contributed by atoms with E-state index in [9.17, 15) is 18.0 Å². The van der Waals surface area contributed by atoms with E-state index in [-0.39, 0.29) is 17.3 Å². The molecular weight excluding hydrogens is 486 g/mol. The number of carbonyl (C=O) groups is 2. The highest BCUT2D eigenvalue weighted by Gasteiger charge is 2.33. The number of hydrogen-bond donors (Lipinski definition) is 1. The first-order chi connectivity index (χ1) is 17.6. The van der Waals surface area contributed by atoms with Crippen LogP contribution in [0.25, 0.3) is 0 Å². The van der Waals surface area contributed by atoms with E-state index in [0.717, 1.165) is 27.4 Å². The first-order valence-electron chi connectivity index (χ1n) is 12.4. The number of hydrogen-bond acceptors (Lipinski definition) is 4. The number of anilines is 1. The molecule has 3 aromatic carbocycles. The van der Waals surface area contributed by atoms with Crippen LogP contribution in [0.1, 0.15) is 37.0 Å². The number of nitrogens with zero attached hydrogens (tertiary/aromatic N) is 2. The fourth-order valence-electron chi connectivity index (χ4n) is 4.08. The molecule has 0 radical (unpaired) electrons. The fourth-order valence-corrected chi connectivity index (χ4v) is 5.58. The predicted octanol–water partition coefficient (Wildman–Crippen LogP) is 4.44. The summed E-state index contributed by atoms with van der Waals surface area (Å²) in [6.45, 7) is 7.59. The molecule has 2 amide bonds. The van der Waals surface area contributed by atoms with Gasteiger partial charge in [-0.05, 0) is 56.5 Å². The second-order valence-corrected chi connectivity index (χ2v) is 11.0. The van der Waals surface area contributed by atoms with Crippen LogP contribution in [0.3, 0.4) is 0 Å². The van der Waals surface area contributed by atoms with Crippen molar-refractivity contribution in [3.8, 4) is 0 Å². The summed E-state index contributed by atoms with van der Waals surface area (Å²) in [5.41, 5.74) is 2.98. The van der Waals surface area contributed by atoms with Gasteiger partial charge in [-0.1, -0.05) is 73.2 Å². The van der Waals surface area contributed by atoms with E-state index in [0.29, 0.717) is 12.2 Å². The van der Waals surface area contributed by atoms with Crippen LogP contribution in [0.2, 0.25) is 0 Å². The Hall–Kier alpha value is -3.65. The molecule has 0 fully saturated rings. The zero-order valence-corrected chi connectivity index (χ0v) is 22.7. The predicted molar refractivity (Wildman–Crippen MR) is 147 cm³/mol. The molecule has 0 spiro atoms. The van der Waals surface area contributed by atoms with Gasteiger partial charge in [0.2, 0.25) is 11.8 Å². The maximum atomic E-state index is 13.8. The van der Waals surface area contributed by atoms with Crippen molar-refractivity contribution in [3.05, 3.63) is 95.6 Å². The normalized spacial score (nSPS) is 12.0. The van der Waals surface area contributed by atoms with Crippen LogP contribution in [0, 0.1) is 13.8 Å². The van der Waals surface area contributed by atoms with Crippen molar-refractivity contribution in [3.63, 3.8) is 0 Å². The summed E-state index contributed by atoms with van der Waals surface area (Å²) in [7, 11) is -4.07. The Morgan fingerprint density at radius 2 is 1.54 bits per heavy atom. The molecule has 0 aliphatic heterocycles. The van der Waals surface area contributed by atoms with E-state index >= 15 is 0 Å². The lowest BCUT2D eigenvalue weighted by Crippen LogP contribution is -2.51. The molecule has 37 heavy (non-hydrogen) atoms. The maximum absolute atomic E-state index is 13.8. The Kier molecular flexibility index (Phi) is 9.47. The van der Waals surface area contributed by atoms with E-state index in [4.69, 9.17) is 0 Å². The lowest BCUT2D eigenvalue weighted by atomic mass is 10.1. The summed E-state index contributed by atoms with van der Waals surface area (Å²) in [5.74, 6) is -0.752. The number of nitrogens with one attached hydrogen (secondary N) is 1. The highest BCUT2D eigenvalue weighted by molar-refractivity contribution is 7.92. The van der Waals surface area contributed by atoms with Crippen LogP contribution in [0.15, 0.2) is 83.8 Å². The second-order valence-electron chi connectivity index (χ2n) is 9.09. The average Bonchev–Trinajstić information content (AvgIpc) is 2.90. The molecule has 196 valence electrons. The largest absolute Gasteiger partial charge is 0.354 e. The van der Waals surface area contributed by atoms with Crippen molar-refractivity contribution in [2.45, 2.75) is 51.6 Å². The van der Waals surface area contributed by atoms with Crippen LogP contribution in [-0.2, 0) is 26.2 Å². The SMILES string of the molecule is CCCNC(=O)C(C)N(Cc1ccccc1)C(=O)CN(c1ccc(C)cc1C)S(=O)(=O)c1ccccc1. The van der Waals surface area contributed by atoms with Crippen molar-refractivity contribution < 1.29 is 18.0 Å². The zero-order chi connectivity index (χ0) is 27.0. The minimum atomic E-state index is -4.07. The van der Waals surface area contributed by atoms with Gasteiger partial charge in [-0.25, -0.2) is 8.42 Å². The van der Waals surface area contributed by atoms with Gasteiger partial charge in [-0.3, -0.25) is 13.9 Å². The van der Waals surface area contributed by atoms with Crippen LogP contribution in [-0.4, -0.2) is 44.3 Å². The number of carbonyl (C=O) groups excluding carboxylic acids is 2. The Morgan fingerprint density at radius 3 is 2.14 bits per heavy atom. The molecule has 8 heteroatoms. The van der Waals surface area contributed by atoms with Gasteiger partial charge in [0.05, 0.1) is 10.6 Å². The lowest BCUT2D eigenvalue weighted by molar-refractivity contribution is -0.139. The smallest absolute Gasteiger partial charge is 0.264 e. The lowest BCUT2D eigenvalue weighted by Gasteiger charge is -2.32. The molecule has 0 aliphatic carbocycles. The van der Waals surface area contributed by atoms with Crippen molar-refractivity contribution >= 4 is 27.5 Å². The Balaban J connectivity index is 2.03. The maximum Gasteiger partial charge on any atom is 0.264 e. The molecule has 0 bridgehead atoms. The Bertz CT molecular complexity index is 1310. The molecule has 1 N–H and O–H groups in total. The van der Waals surface area contributed by atoms with E-state index in [1.807, 2.05) is 63.2 Å². The first kappa shape index (κ1) is 27.9. The van der Waals surface area contributed by atoms with E-state index < -0.39 is 28.5 Å². The molecule has 3 aromatic rings. The highest BCUT2D eigenvalue weighted by Crippen LogP contribution is 2.28. The third-order valence-electron chi connectivity index (χ3n) is 6.14. The standard InChI is InChI=1S/C29H35N3O4S/c1-5-18-30-29(34)24(4)31(20-25-12-8-6-9-13-25)28(33)21-32(27-17-16-22(2)19-23(27)3)37(35,36)26-14-10-7-11-15-26/h6-17,19,24H,5,18,20-21H2,1-4H3,(H,30,34). The van der Waals surface area contributed by atoms with Gasteiger partial charge < -0.3 is 10.2 Å². The van der Waals surface area contributed by atoms with Gasteiger partial charge in [0.15, 0.2) is 0 Å². The van der Waals surface area contributed by atoms with Gasteiger partial charge in [-0.2, -0.15) is 0 Å². The Labute approximate surface area is 220 Å². The second kappa shape index (κ2) is 12.5. The van der Waals surface area contributed by atoms with Gasteiger partial charge in [-0.15, -0.1) is 0 Å². The molecule has 0 aromatic heterocycles. The van der Waals surface area contributed by atoms with E-state index in [1.54, 1.807) is 31.2 Å². The number of aryl methyl sites for hydroxylation is 2. The summed E-state index contributed by atoms with van der Waals surface area (Å²) in [4.78, 5) is 28.2. The molecule has 7 nitrogen and oxygen atoms in total. The molecule has 0 heterocycles. The summed E-state index contributed by atoms with van der Waals surface area (Å²) >= 11 is 0. The minimum absolute atomic E-state index is 0.0890. The third kappa shape index (κ3) is 6.98. The molecule has 0 saturated heterocycles. The van der Waals surface area contributed by atoms with Gasteiger partial charge in [0, 0.05) is 13.1 Å². The quantitative estimate of drug-likeness (QED) is 0.404. The summed E-state index contributed by atoms with van der Waals surface area (Å²) in [6.07, 6.45) is 0.765. The van der Waals surface area contributed by atoms with Crippen LogP contribution in [0.4, 0.5) is 5.69 Å². The number of benzene rings is 3. The number of sulfonamides is 1. The average molecular weight is 522 g/mol. The van der Waals surface area contributed by atoms with Crippen LogP contribution >= 0.6 is 0 Å². The third-order valence-corrected chi connectivity index (χ3v) is 7.92. The van der Waals surface area contributed by atoms with E-state index in [1.165, 1.54) is 17.0 Å². The van der Waals surface area contributed by atoms with Gasteiger partial charge in [0.25, 0.3) is 10.0 Å². The molecule has 3 rings (SSSR count). The first-order valence-corrected chi connectivity index (χ1v) is 13.8. The van der Waals surface area contributed by atoms with Crippen LogP contribution < -0.4 is 9.62 Å². The van der Waals surface area contributed by atoms with Crippen molar-refractivity contribution in [2.75, 3.05) is 17.4 Å². The minimum Gasteiger partial charge on any atom is -0.354 e. The monoisotopic (exact) mass is 521 g/mol. The number of amides is 2. The molecule has 1 unspecified atom stereocenters. The van der Waals surface area contributed by atoms with Crippen molar-refractivity contribution in [2.24, 2.45) is 0 Å². The van der Waals surface area contributed by atoms with Crippen LogP contribution in [0.5, 0.6) is 0 Å². The summed E-state index contributed by atoms with van der Waals surface area (Å²) in [6, 6.07) is 22.1. The molecular formula is C29H35N3O4S. The molecule has 0 aliphatic rings.